The van der Waals surface area contributed by atoms with E-state index < -0.39 is 30.1 Å². The van der Waals surface area contributed by atoms with Crippen LogP contribution < -0.4 is 14.8 Å². The SMILES string of the molecule is COc1cc(C=O)cc2c1O[C@@H]1[C@@H](O)[C@H](N(C[C@H]3CCCO3)C(=O)CCC3CCCC3)C=C(C(=O)NCCO)[C@H]21. The molecule has 1 saturated carbocycles. The van der Waals surface area contributed by atoms with E-state index in [4.69, 9.17) is 14.2 Å². The van der Waals surface area contributed by atoms with Crippen LogP contribution in [0.1, 0.15) is 73.2 Å². The number of nitrogens with zero attached hydrogens (tertiary/aromatic N) is 1. The maximum atomic E-state index is 13.8. The van der Waals surface area contributed by atoms with Gasteiger partial charge in [0.25, 0.3) is 0 Å². The molecule has 5 rings (SSSR count). The van der Waals surface area contributed by atoms with Crippen LogP contribution in [0.4, 0.5) is 0 Å². The van der Waals surface area contributed by atoms with Crippen LogP contribution in [0, 0.1) is 5.92 Å². The summed E-state index contributed by atoms with van der Waals surface area (Å²) in [7, 11) is 1.46. The Morgan fingerprint density at radius 2 is 2.00 bits per heavy atom. The predicted octanol–water partition coefficient (Wildman–Crippen LogP) is 2.11. The van der Waals surface area contributed by atoms with Gasteiger partial charge >= 0.3 is 0 Å². The number of aldehydes is 1. The fraction of sp³-hybridized carbons (Fsp3) is 0.633. The average Bonchev–Trinajstić information content (AvgIpc) is 3.75. The molecule has 0 bridgehead atoms. The van der Waals surface area contributed by atoms with Crippen LogP contribution in [-0.4, -0.2) is 91.0 Å². The zero-order valence-electron chi connectivity index (χ0n) is 23.0. The third-order valence-electron chi connectivity index (χ3n) is 8.76. The lowest BCUT2D eigenvalue weighted by atomic mass is 9.77. The molecular formula is C30H40N2O8. The van der Waals surface area contributed by atoms with E-state index in [1.54, 1.807) is 23.1 Å². The molecule has 2 heterocycles. The third-order valence-corrected chi connectivity index (χ3v) is 8.76. The van der Waals surface area contributed by atoms with Crippen LogP contribution in [0.15, 0.2) is 23.8 Å². The van der Waals surface area contributed by atoms with Crippen molar-refractivity contribution in [3.63, 3.8) is 0 Å². The number of rotatable bonds is 11. The van der Waals surface area contributed by atoms with E-state index in [1.807, 2.05) is 0 Å². The van der Waals surface area contributed by atoms with Gasteiger partial charge in [-0.3, -0.25) is 14.4 Å². The minimum Gasteiger partial charge on any atom is -0.493 e. The Morgan fingerprint density at radius 3 is 2.67 bits per heavy atom. The molecule has 2 aliphatic carbocycles. The van der Waals surface area contributed by atoms with Crippen molar-refractivity contribution < 1.29 is 38.8 Å². The number of hydrogen-bond acceptors (Lipinski definition) is 8. The normalized spacial score (nSPS) is 27.4. The molecule has 0 spiro atoms. The van der Waals surface area contributed by atoms with Crippen LogP contribution in [0.5, 0.6) is 11.5 Å². The maximum absolute atomic E-state index is 13.8. The van der Waals surface area contributed by atoms with Crippen LogP contribution >= 0.6 is 0 Å². The van der Waals surface area contributed by atoms with Crippen molar-refractivity contribution in [2.75, 3.05) is 33.4 Å². The van der Waals surface area contributed by atoms with Crippen molar-refractivity contribution in [2.45, 2.75) is 81.6 Å². The standard InChI is InChI=1S/C30H40N2O8/c1-38-24-14-19(17-34)13-21-26-22(30(37)31-10-11-33)15-23(27(36)29(26)40-28(21)24)32(16-20-7-4-12-39-20)25(35)9-8-18-5-2-3-6-18/h13-15,17-18,20,23,26-27,29,33,36H,2-12,16H2,1H3,(H,31,37)/t20-,23-,26+,27+,29+/m1/s1. The molecule has 1 aromatic rings. The molecule has 1 saturated heterocycles. The predicted molar refractivity (Wildman–Crippen MR) is 145 cm³/mol. The van der Waals surface area contributed by atoms with Gasteiger partial charge in [-0.2, -0.15) is 0 Å². The molecule has 0 aromatic heterocycles. The van der Waals surface area contributed by atoms with Gasteiger partial charge in [0.2, 0.25) is 11.8 Å². The Hall–Kier alpha value is -2.95. The number of carbonyl (C=O) groups excluding carboxylic acids is 3. The van der Waals surface area contributed by atoms with Gasteiger partial charge in [0.15, 0.2) is 11.5 Å². The van der Waals surface area contributed by atoms with Crippen molar-refractivity contribution in [1.29, 1.82) is 0 Å². The lowest BCUT2D eigenvalue weighted by Gasteiger charge is -2.41. The summed E-state index contributed by atoms with van der Waals surface area (Å²) in [5.41, 5.74) is 1.24. The van der Waals surface area contributed by atoms with Crippen molar-refractivity contribution >= 4 is 18.1 Å². The number of aliphatic hydroxyl groups is 2. The number of hydrogen-bond donors (Lipinski definition) is 3. The monoisotopic (exact) mass is 556 g/mol. The van der Waals surface area contributed by atoms with Crippen molar-refractivity contribution in [3.8, 4) is 11.5 Å². The van der Waals surface area contributed by atoms with E-state index in [1.165, 1.54) is 20.0 Å². The third kappa shape index (κ3) is 5.75. The molecule has 1 aromatic carbocycles. The summed E-state index contributed by atoms with van der Waals surface area (Å²) >= 11 is 0. The van der Waals surface area contributed by atoms with Gasteiger partial charge in [0, 0.05) is 42.8 Å². The summed E-state index contributed by atoms with van der Waals surface area (Å²) in [6, 6.07) is 2.38. The number of fused-ring (bicyclic) bond motifs is 3. The second-order valence-electron chi connectivity index (χ2n) is 11.3. The summed E-state index contributed by atoms with van der Waals surface area (Å²) in [6.45, 7) is 0.761. The summed E-state index contributed by atoms with van der Waals surface area (Å²) in [6.07, 6.45) is 7.77. The smallest absolute Gasteiger partial charge is 0.247 e. The second kappa shape index (κ2) is 12.7. The van der Waals surface area contributed by atoms with Gasteiger partial charge < -0.3 is 34.6 Å². The lowest BCUT2D eigenvalue weighted by molar-refractivity contribution is -0.139. The zero-order chi connectivity index (χ0) is 28.2. The fourth-order valence-electron chi connectivity index (χ4n) is 6.73. The van der Waals surface area contributed by atoms with E-state index in [0.29, 0.717) is 60.0 Å². The maximum Gasteiger partial charge on any atom is 0.247 e. The zero-order valence-corrected chi connectivity index (χ0v) is 23.0. The molecule has 218 valence electrons. The van der Waals surface area contributed by atoms with E-state index in [9.17, 15) is 24.6 Å². The molecular weight excluding hydrogens is 516 g/mol. The van der Waals surface area contributed by atoms with Crippen LogP contribution in [-0.2, 0) is 14.3 Å². The lowest BCUT2D eigenvalue weighted by Crippen LogP contribution is -2.57. The molecule has 0 unspecified atom stereocenters. The molecule has 10 heteroatoms. The molecule has 10 nitrogen and oxygen atoms in total. The molecule has 2 amide bonds. The van der Waals surface area contributed by atoms with E-state index in [2.05, 4.69) is 5.32 Å². The number of ether oxygens (including phenoxy) is 3. The fourth-order valence-corrected chi connectivity index (χ4v) is 6.73. The molecule has 5 atom stereocenters. The van der Waals surface area contributed by atoms with E-state index >= 15 is 0 Å². The van der Waals surface area contributed by atoms with Crippen molar-refractivity contribution in [2.24, 2.45) is 5.92 Å². The number of methoxy groups -OCH3 is 1. The summed E-state index contributed by atoms with van der Waals surface area (Å²) in [5.74, 6) is 0.0400. The molecule has 0 radical (unpaired) electrons. The number of aliphatic hydroxyl groups excluding tert-OH is 2. The molecule has 3 N–H and O–H groups in total. The summed E-state index contributed by atoms with van der Waals surface area (Å²) in [4.78, 5) is 40.6. The highest BCUT2D eigenvalue weighted by atomic mass is 16.5. The Labute approximate surface area is 234 Å². The second-order valence-corrected chi connectivity index (χ2v) is 11.3. The highest BCUT2D eigenvalue weighted by Gasteiger charge is 2.51. The Balaban J connectivity index is 1.51. The van der Waals surface area contributed by atoms with Gasteiger partial charge in [-0.05, 0) is 43.4 Å². The van der Waals surface area contributed by atoms with E-state index in [-0.39, 0.29) is 25.2 Å². The largest absolute Gasteiger partial charge is 0.493 e. The topological polar surface area (TPSA) is 135 Å². The molecule has 4 aliphatic rings. The first-order chi connectivity index (χ1) is 19.4. The van der Waals surface area contributed by atoms with E-state index in [0.717, 1.165) is 32.1 Å². The highest BCUT2D eigenvalue weighted by Crippen LogP contribution is 2.51. The number of amides is 2. The Morgan fingerprint density at radius 1 is 1.20 bits per heavy atom. The minimum atomic E-state index is -1.15. The van der Waals surface area contributed by atoms with Gasteiger partial charge in [0.05, 0.1) is 31.8 Å². The first-order valence-corrected chi connectivity index (χ1v) is 14.5. The molecule has 40 heavy (non-hydrogen) atoms. The van der Waals surface area contributed by atoms with Gasteiger partial charge in [-0.1, -0.05) is 25.7 Å². The number of nitrogens with one attached hydrogen (secondary N) is 1. The molecule has 2 fully saturated rings. The van der Waals surface area contributed by atoms with Gasteiger partial charge in [0.1, 0.15) is 18.5 Å². The van der Waals surface area contributed by atoms with Crippen LogP contribution in [0.2, 0.25) is 0 Å². The Bertz CT molecular complexity index is 1120. The molecule has 2 aliphatic heterocycles. The quantitative estimate of drug-likeness (QED) is 0.353. The summed E-state index contributed by atoms with van der Waals surface area (Å²) < 4.78 is 17.6. The Kier molecular flexibility index (Phi) is 9.07. The van der Waals surface area contributed by atoms with Crippen LogP contribution in [0.25, 0.3) is 0 Å². The first kappa shape index (κ1) is 28.6. The van der Waals surface area contributed by atoms with Crippen molar-refractivity contribution in [3.05, 3.63) is 34.9 Å². The minimum absolute atomic E-state index is 0.0478. The first-order valence-electron chi connectivity index (χ1n) is 14.5. The summed E-state index contributed by atoms with van der Waals surface area (Å²) in [5, 5.41) is 23.8. The van der Waals surface area contributed by atoms with Gasteiger partial charge in [-0.15, -0.1) is 0 Å². The van der Waals surface area contributed by atoms with Crippen LogP contribution in [0.3, 0.4) is 0 Å². The van der Waals surface area contributed by atoms with Crippen molar-refractivity contribution in [1.82, 2.24) is 10.2 Å². The highest BCUT2D eigenvalue weighted by molar-refractivity contribution is 5.96. The van der Waals surface area contributed by atoms with Gasteiger partial charge in [-0.25, -0.2) is 0 Å². The number of benzene rings is 1. The average molecular weight is 557 g/mol. The number of carbonyl (C=O) groups is 3.